The average Bonchev–Trinajstić information content (AvgIpc) is 3.53. The van der Waals surface area contributed by atoms with Gasteiger partial charge in [-0.25, -0.2) is 4.98 Å². The minimum Gasteiger partial charge on any atom is -0.278 e. The van der Waals surface area contributed by atoms with Crippen molar-refractivity contribution in [2.75, 3.05) is 0 Å². The van der Waals surface area contributed by atoms with Crippen LogP contribution in [0.5, 0.6) is 0 Å². The number of aromatic nitrogens is 4. The van der Waals surface area contributed by atoms with E-state index in [-0.39, 0.29) is 0 Å². The molecule has 0 radical (unpaired) electrons. The van der Waals surface area contributed by atoms with Gasteiger partial charge in [0.1, 0.15) is 0 Å². The van der Waals surface area contributed by atoms with E-state index in [4.69, 9.17) is 15.0 Å². The predicted octanol–water partition coefficient (Wildman–Crippen LogP) is 11.3. The standard InChI is InChI=1S/C45H30N4/c1-3-13-31(14-4-1)35-17-11-18-36(29-35)33-25-27-34(28-26-33)43-46-44(38-20-12-19-37(30-38)32-15-5-2-6-16-32)48-45(47-43)49-41-23-9-7-21-39(41)40-22-8-10-24-42(40)49/h1-30H. The lowest BCUT2D eigenvalue weighted by Crippen LogP contribution is -2.06. The summed E-state index contributed by atoms with van der Waals surface area (Å²) in [7, 11) is 0. The molecule has 9 aromatic rings. The third-order valence-electron chi connectivity index (χ3n) is 9.08. The van der Waals surface area contributed by atoms with E-state index in [1.807, 2.05) is 12.1 Å². The predicted molar refractivity (Wildman–Crippen MR) is 201 cm³/mol. The number of benzene rings is 7. The highest BCUT2D eigenvalue weighted by molar-refractivity contribution is 6.09. The maximum Gasteiger partial charge on any atom is 0.238 e. The molecule has 7 aromatic carbocycles. The number of hydrogen-bond acceptors (Lipinski definition) is 3. The van der Waals surface area contributed by atoms with Gasteiger partial charge in [-0.3, -0.25) is 4.57 Å². The monoisotopic (exact) mass is 626 g/mol. The molecule has 2 heterocycles. The minimum absolute atomic E-state index is 0.585. The van der Waals surface area contributed by atoms with Crippen LogP contribution in [0.2, 0.25) is 0 Å². The highest BCUT2D eigenvalue weighted by Crippen LogP contribution is 2.33. The van der Waals surface area contributed by atoms with Crippen LogP contribution in [0.15, 0.2) is 182 Å². The first kappa shape index (κ1) is 28.6. The third-order valence-corrected chi connectivity index (χ3v) is 9.08. The largest absolute Gasteiger partial charge is 0.278 e. The molecule has 230 valence electrons. The highest BCUT2D eigenvalue weighted by Gasteiger charge is 2.18. The summed E-state index contributed by atoms with van der Waals surface area (Å²) in [6.07, 6.45) is 0. The molecule has 49 heavy (non-hydrogen) atoms. The van der Waals surface area contributed by atoms with Crippen molar-refractivity contribution in [2.24, 2.45) is 0 Å². The van der Waals surface area contributed by atoms with Gasteiger partial charge < -0.3 is 0 Å². The summed E-state index contributed by atoms with van der Waals surface area (Å²) in [5.74, 6) is 1.83. The Balaban J connectivity index is 1.19. The maximum absolute atomic E-state index is 5.15. The summed E-state index contributed by atoms with van der Waals surface area (Å²) in [5.41, 5.74) is 10.9. The molecule has 0 unspecified atom stereocenters. The number of para-hydroxylation sites is 2. The molecule has 0 saturated heterocycles. The summed E-state index contributed by atoms with van der Waals surface area (Å²) in [5, 5.41) is 2.32. The zero-order valence-corrected chi connectivity index (χ0v) is 26.6. The van der Waals surface area contributed by atoms with Crippen molar-refractivity contribution in [1.29, 1.82) is 0 Å². The molecule has 9 rings (SSSR count). The SMILES string of the molecule is c1ccc(-c2cccc(-c3ccc(-c4nc(-c5cccc(-c6ccccc6)c5)nc(-n5c6ccccc6c6ccccc65)n4)cc3)c2)cc1. The van der Waals surface area contributed by atoms with E-state index in [0.29, 0.717) is 17.6 Å². The summed E-state index contributed by atoms with van der Waals surface area (Å²) in [6.45, 7) is 0. The second-order valence-electron chi connectivity index (χ2n) is 12.1. The van der Waals surface area contributed by atoms with Gasteiger partial charge in [-0.1, -0.05) is 158 Å². The molecule has 0 aliphatic heterocycles. The lowest BCUT2D eigenvalue weighted by atomic mass is 9.98. The van der Waals surface area contributed by atoms with Gasteiger partial charge in [0.05, 0.1) is 11.0 Å². The lowest BCUT2D eigenvalue weighted by Gasteiger charge is -2.12. The van der Waals surface area contributed by atoms with Gasteiger partial charge in [-0.15, -0.1) is 0 Å². The summed E-state index contributed by atoms with van der Waals surface area (Å²) >= 11 is 0. The van der Waals surface area contributed by atoms with E-state index >= 15 is 0 Å². The van der Waals surface area contributed by atoms with Gasteiger partial charge in [0.15, 0.2) is 11.6 Å². The van der Waals surface area contributed by atoms with Crippen molar-refractivity contribution in [2.45, 2.75) is 0 Å². The Hall–Kier alpha value is -6.65. The molecule has 4 nitrogen and oxygen atoms in total. The maximum atomic E-state index is 5.15. The normalized spacial score (nSPS) is 11.3. The second kappa shape index (κ2) is 12.2. The van der Waals surface area contributed by atoms with Crippen LogP contribution in [0, 0.1) is 0 Å². The van der Waals surface area contributed by atoms with E-state index < -0.39 is 0 Å². The first-order valence-electron chi connectivity index (χ1n) is 16.5. The molecule has 0 bridgehead atoms. The summed E-state index contributed by atoms with van der Waals surface area (Å²) in [4.78, 5) is 15.4. The number of fused-ring (bicyclic) bond motifs is 3. The molecule has 0 N–H and O–H groups in total. The van der Waals surface area contributed by atoms with Crippen molar-refractivity contribution in [3.8, 4) is 62.1 Å². The van der Waals surface area contributed by atoms with Crippen LogP contribution < -0.4 is 0 Å². The number of hydrogen-bond donors (Lipinski definition) is 0. The fraction of sp³-hybridized carbons (Fsp3) is 0. The third kappa shape index (κ3) is 5.35. The van der Waals surface area contributed by atoms with E-state index in [1.165, 1.54) is 11.1 Å². The molecule has 0 aliphatic rings. The zero-order valence-electron chi connectivity index (χ0n) is 26.6. The number of nitrogens with zero attached hydrogens (tertiary/aromatic N) is 4. The van der Waals surface area contributed by atoms with Crippen LogP contribution in [0.3, 0.4) is 0 Å². The fourth-order valence-electron chi connectivity index (χ4n) is 6.65. The van der Waals surface area contributed by atoms with Crippen LogP contribution in [-0.4, -0.2) is 19.5 Å². The van der Waals surface area contributed by atoms with Gasteiger partial charge in [-0.2, -0.15) is 9.97 Å². The molecule has 0 atom stereocenters. The first-order chi connectivity index (χ1) is 24.3. The molecule has 0 aliphatic carbocycles. The number of rotatable bonds is 6. The Kier molecular flexibility index (Phi) is 7.10. The molecule has 0 saturated carbocycles. The minimum atomic E-state index is 0.585. The smallest absolute Gasteiger partial charge is 0.238 e. The Morgan fingerprint density at radius 2 is 0.673 bits per heavy atom. The zero-order chi connectivity index (χ0) is 32.6. The molecular formula is C45H30N4. The Morgan fingerprint density at radius 3 is 1.22 bits per heavy atom. The van der Waals surface area contributed by atoms with Crippen molar-refractivity contribution in [1.82, 2.24) is 19.5 Å². The van der Waals surface area contributed by atoms with Crippen LogP contribution in [0.4, 0.5) is 0 Å². The van der Waals surface area contributed by atoms with Gasteiger partial charge in [-0.05, 0) is 57.6 Å². The van der Waals surface area contributed by atoms with E-state index in [2.05, 4.69) is 174 Å². The molecule has 0 amide bonds. The molecule has 4 heteroatoms. The Morgan fingerprint density at radius 1 is 0.286 bits per heavy atom. The van der Waals surface area contributed by atoms with Gasteiger partial charge in [0.2, 0.25) is 5.95 Å². The summed E-state index contributed by atoms with van der Waals surface area (Å²) < 4.78 is 2.16. The quantitative estimate of drug-likeness (QED) is 0.184. The average molecular weight is 627 g/mol. The van der Waals surface area contributed by atoms with Crippen LogP contribution in [0.1, 0.15) is 0 Å². The van der Waals surface area contributed by atoms with E-state index in [9.17, 15) is 0 Å². The molecule has 0 fully saturated rings. The Labute approximate surface area is 284 Å². The van der Waals surface area contributed by atoms with E-state index in [0.717, 1.165) is 55.2 Å². The second-order valence-corrected chi connectivity index (χ2v) is 12.1. The molecule has 0 spiro atoms. The van der Waals surface area contributed by atoms with Gasteiger partial charge in [0, 0.05) is 21.9 Å². The highest BCUT2D eigenvalue weighted by atomic mass is 15.2. The first-order valence-corrected chi connectivity index (χ1v) is 16.5. The lowest BCUT2D eigenvalue weighted by molar-refractivity contribution is 0.953. The van der Waals surface area contributed by atoms with E-state index in [1.54, 1.807) is 0 Å². The van der Waals surface area contributed by atoms with Crippen LogP contribution >= 0.6 is 0 Å². The van der Waals surface area contributed by atoms with Crippen molar-refractivity contribution >= 4 is 21.8 Å². The van der Waals surface area contributed by atoms with Crippen LogP contribution in [0.25, 0.3) is 83.9 Å². The van der Waals surface area contributed by atoms with Gasteiger partial charge in [0.25, 0.3) is 0 Å². The van der Waals surface area contributed by atoms with Crippen molar-refractivity contribution in [3.63, 3.8) is 0 Å². The van der Waals surface area contributed by atoms with Crippen LogP contribution in [-0.2, 0) is 0 Å². The Bertz CT molecular complexity index is 2530. The summed E-state index contributed by atoms with van der Waals surface area (Å²) in [6, 6.07) is 63.4. The molecular weight excluding hydrogens is 597 g/mol. The van der Waals surface area contributed by atoms with Crippen molar-refractivity contribution in [3.05, 3.63) is 182 Å². The van der Waals surface area contributed by atoms with Gasteiger partial charge >= 0.3 is 0 Å². The van der Waals surface area contributed by atoms with Crippen molar-refractivity contribution < 1.29 is 0 Å². The fourth-order valence-corrected chi connectivity index (χ4v) is 6.65. The topological polar surface area (TPSA) is 43.6 Å². The molecule has 2 aromatic heterocycles.